The van der Waals surface area contributed by atoms with Gasteiger partial charge in [-0.15, -0.1) is 0 Å². The lowest BCUT2D eigenvalue weighted by Gasteiger charge is -2.16. The largest absolute Gasteiger partial charge is 0.383 e. The number of hydrogen-bond acceptors (Lipinski definition) is 3. The van der Waals surface area contributed by atoms with Crippen LogP contribution in [0.15, 0.2) is 24.3 Å². The van der Waals surface area contributed by atoms with E-state index in [4.69, 9.17) is 4.74 Å². The summed E-state index contributed by atoms with van der Waals surface area (Å²) in [6, 6.07) is 6.67. The van der Waals surface area contributed by atoms with Gasteiger partial charge in [0.25, 0.3) is 0 Å². The van der Waals surface area contributed by atoms with E-state index in [2.05, 4.69) is 17.3 Å². The zero-order valence-corrected chi connectivity index (χ0v) is 10.6. The molecule has 0 bridgehead atoms. The Morgan fingerprint density at radius 3 is 2.88 bits per heavy atom. The smallest absolute Gasteiger partial charge is 0.123 e. The minimum Gasteiger partial charge on any atom is -0.383 e. The summed E-state index contributed by atoms with van der Waals surface area (Å²) >= 11 is 0. The normalized spacial score (nSPS) is 11.1. The first-order chi connectivity index (χ1) is 8.22. The Morgan fingerprint density at radius 2 is 2.18 bits per heavy atom. The van der Waals surface area contributed by atoms with Crippen LogP contribution in [0.5, 0.6) is 0 Å². The van der Waals surface area contributed by atoms with Gasteiger partial charge < -0.3 is 15.0 Å². The molecule has 0 radical (unpaired) electrons. The molecule has 96 valence electrons. The predicted octanol–water partition coefficient (Wildman–Crippen LogP) is 1.49. The molecule has 1 rings (SSSR count). The van der Waals surface area contributed by atoms with Crippen molar-refractivity contribution in [3.05, 3.63) is 35.6 Å². The topological polar surface area (TPSA) is 24.5 Å². The van der Waals surface area contributed by atoms with Gasteiger partial charge in [-0.25, -0.2) is 4.39 Å². The number of benzene rings is 1. The Hall–Kier alpha value is -0.970. The number of ether oxygens (including phenoxy) is 1. The second-order valence-electron chi connectivity index (χ2n) is 4.10. The quantitative estimate of drug-likeness (QED) is 0.697. The van der Waals surface area contributed by atoms with Crippen LogP contribution in [-0.2, 0) is 11.3 Å². The molecule has 1 N–H and O–H groups in total. The number of likely N-dealkylation sites (N-methyl/N-ethyl adjacent to an activating group) is 1. The minimum absolute atomic E-state index is 0.179. The van der Waals surface area contributed by atoms with Crippen molar-refractivity contribution in [1.82, 2.24) is 10.2 Å². The molecule has 0 unspecified atom stereocenters. The fourth-order valence-electron chi connectivity index (χ4n) is 1.51. The molecule has 0 fully saturated rings. The molecule has 0 amide bonds. The molecular weight excluding hydrogens is 219 g/mol. The summed E-state index contributed by atoms with van der Waals surface area (Å²) in [6.07, 6.45) is 0. The Morgan fingerprint density at radius 1 is 1.35 bits per heavy atom. The molecule has 3 nitrogen and oxygen atoms in total. The van der Waals surface area contributed by atoms with E-state index in [1.807, 2.05) is 6.07 Å². The van der Waals surface area contributed by atoms with E-state index in [9.17, 15) is 4.39 Å². The number of nitrogens with one attached hydrogen (secondary N) is 1. The first-order valence-electron chi connectivity index (χ1n) is 5.85. The highest BCUT2D eigenvalue weighted by Gasteiger charge is 1.98. The second kappa shape index (κ2) is 8.17. The van der Waals surface area contributed by atoms with E-state index in [-0.39, 0.29) is 5.82 Å². The van der Waals surface area contributed by atoms with Gasteiger partial charge in [0.2, 0.25) is 0 Å². The Kier molecular flexibility index (Phi) is 6.77. The zero-order valence-electron chi connectivity index (χ0n) is 10.6. The number of rotatable bonds is 8. The van der Waals surface area contributed by atoms with Gasteiger partial charge in [0, 0.05) is 33.3 Å². The number of halogens is 1. The maximum Gasteiger partial charge on any atom is 0.123 e. The lowest BCUT2D eigenvalue weighted by atomic mass is 10.2. The van der Waals surface area contributed by atoms with Gasteiger partial charge in [-0.3, -0.25) is 0 Å². The SMILES string of the molecule is COCCN(C)CCNCc1cccc(F)c1. The second-order valence-corrected chi connectivity index (χ2v) is 4.10. The van der Waals surface area contributed by atoms with Crippen LogP contribution in [0.2, 0.25) is 0 Å². The van der Waals surface area contributed by atoms with Crippen LogP contribution in [0.4, 0.5) is 4.39 Å². The van der Waals surface area contributed by atoms with Gasteiger partial charge in [0.1, 0.15) is 5.82 Å². The predicted molar refractivity (Wildman–Crippen MR) is 67.5 cm³/mol. The maximum absolute atomic E-state index is 12.9. The molecule has 17 heavy (non-hydrogen) atoms. The fraction of sp³-hybridized carbons (Fsp3) is 0.538. The van der Waals surface area contributed by atoms with E-state index in [0.29, 0.717) is 6.54 Å². The average Bonchev–Trinajstić information content (AvgIpc) is 2.32. The van der Waals surface area contributed by atoms with Gasteiger partial charge in [0.05, 0.1) is 6.61 Å². The summed E-state index contributed by atoms with van der Waals surface area (Å²) < 4.78 is 17.9. The Labute approximate surface area is 103 Å². The summed E-state index contributed by atoms with van der Waals surface area (Å²) in [7, 11) is 3.76. The number of hydrogen-bond donors (Lipinski definition) is 1. The fourth-order valence-corrected chi connectivity index (χ4v) is 1.51. The van der Waals surface area contributed by atoms with E-state index in [1.165, 1.54) is 6.07 Å². The highest BCUT2D eigenvalue weighted by Crippen LogP contribution is 2.02. The van der Waals surface area contributed by atoms with Crippen molar-refractivity contribution in [3.8, 4) is 0 Å². The van der Waals surface area contributed by atoms with Crippen molar-refractivity contribution in [3.63, 3.8) is 0 Å². The lowest BCUT2D eigenvalue weighted by molar-refractivity contribution is 0.161. The van der Waals surface area contributed by atoms with Crippen molar-refractivity contribution in [2.75, 3.05) is 40.4 Å². The molecule has 0 spiro atoms. The van der Waals surface area contributed by atoms with E-state index < -0.39 is 0 Å². The van der Waals surface area contributed by atoms with Crippen LogP contribution in [0, 0.1) is 5.82 Å². The Bertz CT molecular complexity index is 320. The van der Waals surface area contributed by atoms with Gasteiger partial charge >= 0.3 is 0 Å². The minimum atomic E-state index is -0.179. The molecule has 0 atom stereocenters. The van der Waals surface area contributed by atoms with Crippen molar-refractivity contribution in [2.24, 2.45) is 0 Å². The highest BCUT2D eigenvalue weighted by molar-refractivity contribution is 5.15. The van der Waals surface area contributed by atoms with Crippen molar-refractivity contribution < 1.29 is 9.13 Å². The molecule has 0 heterocycles. The van der Waals surface area contributed by atoms with E-state index in [1.54, 1.807) is 19.2 Å². The van der Waals surface area contributed by atoms with E-state index >= 15 is 0 Å². The van der Waals surface area contributed by atoms with Gasteiger partial charge in [-0.1, -0.05) is 12.1 Å². The molecule has 0 aliphatic heterocycles. The summed E-state index contributed by atoms with van der Waals surface area (Å²) in [4.78, 5) is 2.20. The highest BCUT2D eigenvalue weighted by atomic mass is 19.1. The van der Waals surface area contributed by atoms with Crippen LogP contribution in [0.3, 0.4) is 0 Å². The molecule has 0 saturated heterocycles. The van der Waals surface area contributed by atoms with Crippen LogP contribution < -0.4 is 5.32 Å². The van der Waals surface area contributed by atoms with Crippen LogP contribution in [0.25, 0.3) is 0 Å². The molecule has 0 aromatic heterocycles. The van der Waals surface area contributed by atoms with Gasteiger partial charge in [-0.2, -0.15) is 0 Å². The third-order valence-electron chi connectivity index (χ3n) is 2.57. The van der Waals surface area contributed by atoms with Crippen LogP contribution >= 0.6 is 0 Å². The van der Waals surface area contributed by atoms with Crippen LogP contribution in [0.1, 0.15) is 5.56 Å². The van der Waals surface area contributed by atoms with Crippen LogP contribution in [-0.4, -0.2) is 45.3 Å². The summed E-state index contributed by atoms with van der Waals surface area (Å²) in [5.74, 6) is -0.179. The molecular formula is C13H21FN2O. The van der Waals surface area contributed by atoms with E-state index in [0.717, 1.165) is 31.8 Å². The average molecular weight is 240 g/mol. The first-order valence-corrected chi connectivity index (χ1v) is 5.85. The lowest BCUT2D eigenvalue weighted by Crippen LogP contribution is -2.31. The first kappa shape index (κ1) is 14.1. The molecule has 0 saturated carbocycles. The molecule has 1 aromatic carbocycles. The Balaban J connectivity index is 2.11. The van der Waals surface area contributed by atoms with Crippen molar-refractivity contribution in [2.45, 2.75) is 6.54 Å². The summed E-state index contributed by atoms with van der Waals surface area (Å²) in [5.41, 5.74) is 0.976. The van der Waals surface area contributed by atoms with Crippen molar-refractivity contribution in [1.29, 1.82) is 0 Å². The van der Waals surface area contributed by atoms with Gasteiger partial charge in [0.15, 0.2) is 0 Å². The molecule has 4 heteroatoms. The molecule has 1 aromatic rings. The summed E-state index contributed by atoms with van der Waals surface area (Å²) in [5, 5.41) is 3.29. The third kappa shape index (κ3) is 6.36. The number of methoxy groups -OCH3 is 1. The maximum atomic E-state index is 12.9. The molecule has 0 aliphatic carbocycles. The molecule has 0 aliphatic rings. The zero-order chi connectivity index (χ0) is 12.5. The van der Waals surface area contributed by atoms with Gasteiger partial charge in [-0.05, 0) is 24.7 Å². The third-order valence-corrected chi connectivity index (χ3v) is 2.57. The number of nitrogens with zero attached hydrogens (tertiary/aromatic N) is 1. The summed E-state index contributed by atoms with van der Waals surface area (Å²) in [6.45, 7) is 4.23. The standard InChI is InChI=1S/C13H21FN2O/c1-16(8-9-17-2)7-6-15-11-12-4-3-5-13(14)10-12/h3-5,10,15H,6-9,11H2,1-2H3. The van der Waals surface area contributed by atoms with Crippen molar-refractivity contribution >= 4 is 0 Å². The monoisotopic (exact) mass is 240 g/mol.